The Morgan fingerprint density at radius 1 is 1.59 bits per heavy atom. The highest BCUT2D eigenvalue weighted by Crippen LogP contribution is 2.48. The highest BCUT2D eigenvalue weighted by Gasteiger charge is 2.40. The van der Waals surface area contributed by atoms with E-state index in [0.29, 0.717) is 17.7 Å². The fourth-order valence-electron chi connectivity index (χ4n) is 1.82. The lowest BCUT2D eigenvalue weighted by atomic mass is 10.0. The fraction of sp³-hybridized carbons (Fsp3) is 0.667. The van der Waals surface area contributed by atoms with Crippen LogP contribution >= 0.6 is 11.3 Å². The molecule has 1 aliphatic carbocycles. The second-order valence-corrected chi connectivity index (χ2v) is 5.31. The maximum atomic E-state index is 11.6. The Hall–Kier alpha value is -1.10. The predicted octanol–water partition coefficient (Wildman–Crippen LogP) is 2.92. The molecular weight excluding hydrogens is 236 g/mol. The molecular formula is C12H18N2O2S. The van der Waals surface area contributed by atoms with Gasteiger partial charge >= 0.3 is 5.97 Å². The summed E-state index contributed by atoms with van der Waals surface area (Å²) in [6, 6.07) is 0. The molecule has 4 nitrogen and oxygen atoms in total. The minimum Gasteiger partial charge on any atom is -0.461 e. The van der Waals surface area contributed by atoms with Crippen molar-refractivity contribution in [2.45, 2.75) is 33.1 Å². The van der Waals surface area contributed by atoms with Crippen LogP contribution in [0.3, 0.4) is 0 Å². The van der Waals surface area contributed by atoms with Gasteiger partial charge in [-0.15, -0.1) is 11.3 Å². The lowest BCUT2D eigenvalue weighted by Crippen LogP contribution is -2.16. The van der Waals surface area contributed by atoms with Gasteiger partial charge in [0, 0.05) is 6.54 Å². The molecule has 0 amide bonds. The number of thiazole rings is 1. The van der Waals surface area contributed by atoms with Crippen LogP contribution in [0.5, 0.6) is 0 Å². The van der Waals surface area contributed by atoms with Crippen molar-refractivity contribution in [2.75, 3.05) is 18.5 Å². The topological polar surface area (TPSA) is 51.2 Å². The Morgan fingerprint density at radius 3 is 2.94 bits per heavy atom. The molecule has 0 unspecified atom stereocenters. The van der Waals surface area contributed by atoms with Crippen molar-refractivity contribution >= 4 is 22.3 Å². The van der Waals surface area contributed by atoms with Crippen LogP contribution in [0.15, 0.2) is 5.51 Å². The van der Waals surface area contributed by atoms with Crippen LogP contribution in [0.1, 0.15) is 43.6 Å². The average molecular weight is 254 g/mol. The van der Waals surface area contributed by atoms with Crippen LogP contribution in [0.4, 0.5) is 5.00 Å². The van der Waals surface area contributed by atoms with E-state index in [0.717, 1.165) is 11.5 Å². The zero-order valence-corrected chi connectivity index (χ0v) is 11.1. The number of anilines is 1. The summed E-state index contributed by atoms with van der Waals surface area (Å²) in [6.45, 7) is 5.33. The molecule has 0 spiro atoms. The van der Waals surface area contributed by atoms with E-state index in [9.17, 15) is 4.79 Å². The van der Waals surface area contributed by atoms with Crippen molar-refractivity contribution in [3.8, 4) is 0 Å². The quantitative estimate of drug-likeness (QED) is 0.793. The van der Waals surface area contributed by atoms with Crippen LogP contribution in [0.25, 0.3) is 0 Å². The molecule has 2 rings (SSSR count). The van der Waals surface area contributed by atoms with E-state index in [1.807, 2.05) is 0 Å². The third-order valence-corrected chi connectivity index (χ3v) is 4.15. The number of hydrogen-bond donors (Lipinski definition) is 1. The van der Waals surface area contributed by atoms with Crippen molar-refractivity contribution in [1.29, 1.82) is 0 Å². The maximum Gasteiger partial charge on any atom is 0.360 e. The van der Waals surface area contributed by atoms with Crippen LogP contribution in [0, 0.1) is 5.41 Å². The molecule has 0 saturated heterocycles. The number of ether oxygens (including phenoxy) is 1. The summed E-state index contributed by atoms with van der Waals surface area (Å²) in [6.07, 6.45) is 3.75. The Kier molecular flexibility index (Phi) is 3.66. The van der Waals surface area contributed by atoms with Gasteiger partial charge in [-0.2, -0.15) is 0 Å². The van der Waals surface area contributed by atoms with E-state index < -0.39 is 0 Å². The Labute approximate surface area is 105 Å². The van der Waals surface area contributed by atoms with E-state index in [1.54, 1.807) is 12.4 Å². The smallest absolute Gasteiger partial charge is 0.360 e. The zero-order valence-electron chi connectivity index (χ0n) is 10.3. The van der Waals surface area contributed by atoms with Crippen LogP contribution in [-0.2, 0) is 4.74 Å². The van der Waals surface area contributed by atoms with Gasteiger partial charge in [0.05, 0.1) is 12.1 Å². The molecule has 0 radical (unpaired) electrons. The van der Waals surface area contributed by atoms with Crippen molar-refractivity contribution in [3.05, 3.63) is 11.2 Å². The number of aromatic nitrogens is 1. The normalized spacial score (nSPS) is 16.6. The molecule has 5 heteroatoms. The molecule has 0 atom stereocenters. The largest absolute Gasteiger partial charge is 0.461 e. The SMILES string of the molecule is CCOC(=O)c1ncsc1NCC1(CC)CC1. The maximum absolute atomic E-state index is 11.6. The van der Waals surface area contributed by atoms with E-state index >= 15 is 0 Å². The van der Waals surface area contributed by atoms with Gasteiger partial charge in [0.25, 0.3) is 0 Å². The van der Waals surface area contributed by atoms with Gasteiger partial charge < -0.3 is 10.1 Å². The number of esters is 1. The monoisotopic (exact) mass is 254 g/mol. The zero-order chi connectivity index (χ0) is 12.3. The van der Waals surface area contributed by atoms with Gasteiger partial charge in [0.2, 0.25) is 0 Å². The Balaban J connectivity index is 1.97. The summed E-state index contributed by atoms with van der Waals surface area (Å²) in [5.74, 6) is -0.336. The standard InChI is InChI=1S/C12H18N2O2S/c1-3-12(5-6-12)7-13-10-9(14-8-17-10)11(15)16-4-2/h8,13H,3-7H2,1-2H3. The van der Waals surface area contributed by atoms with Gasteiger partial charge in [-0.25, -0.2) is 9.78 Å². The number of hydrogen-bond acceptors (Lipinski definition) is 5. The predicted molar refractivity (Wildman–Crippen MR) is 68.5 cm³/mol. The number of carbonyl (C=O) groups excluding carboxylic acids is 1. The number of rotatable bonds is 6. The van der Waals surface area contributed by atoms with Gasteiger partial charge in [0.1, 0.15) is 5.00 Å². The molecule has 1 saturated carbocycles. The summed E-state index contributed by atoms with van der Waals surface area (Å²) in [5, 5.41) is 4.18. The molecule has 0 bridgehead atoms. The molecule has 1 aromatic rings. The third-order valence-electron chi connectivity index (χ3n) is 3.37. The lowest BCUT2D eigenvalue weighted by Gasteiger charge is -2.13. The van der Waals surface area contributed by atoms with E-state index in [4.69, 9.17) is 4.74 Å². The first kappa shape index (κ1) is 12.4. The van der Waals surface area contributed by atoms with E-state index in [-0.39, 0.29) is 5.97 Å². The summed E-state index contributed by atoms with van der Waals surface area (Å²) in [4.78, 5) is 15.7. The molecule has 0 aliphatic heterocycles. The van der Waals surface area contributed by atoms with Gasteiger partial charge in [-0.3, -0.25) is 0 Å². The second kappa shape index (κ2) is 5.04. The first-order valence-corrected chi connectivity index (χ1v) is 6.93. The highest BCUT2D eigenvalue weighted by molar-refractivity contribution is 7.14. The van der Waals surface area contributed by atoms with E-state index in [1.165, 1.54) is 30.6 Å². The number of nitrogens with one attached hydrogen (secondary N) is 1. The third kappa shape index (κ3) is 2.77. The fourth-order valence-corrected chi connectivity index (χ4v) is 2.48. The molecule has 94 valence electrons. The average Bonchev–Trinajstić information content (AvgIpc) is 2.96. The van der Waals surface area contributed by atoms with Crippen molar-refractivity contribution < 1.29 is 9.53 Å². The summed E-state index contributed by atoms with van der Waals surface area (Å²) >= 11 is 1.46. The molecule has 1 aromatic heterocycles. The van der Waals surface area contributed by atoms with Gasteiger partial charge in [-0.1, -0.05) is 6.92 Å². The van der Waals surface area contributed by atoms with Gasteiger partial charge in [-0.05, 0) is 31.6 Å². The molecule has 1 N–H and O–H groups in total. The first-order valence-electron chi connectivity index (χ1n) is 6.05. The molecule has 1 aliphatic rings. The summed E-state index contributed by atoms with van der Waals surface area (Å²) < 4.78 is 4.97. The van der Waals surface area contributed by atoms with Crippen LogP contribution < -0.4 is 5.32 Å². The van der Waals surface area contributed by atoms with E-state index in [2.05, 4.69) is 17.2 Å². The molecule has 0 aromatic carbocycles. The molecule has 1 heterocycles. The lowest BCUT2D eigenvalue weighted by molar-refractivity contribution is 0.0521. The minimum absolute atomic E-state index is 0.336. The highest BCUT2D eigenvalue weighted by atomic mass is 32.1. The second-order valence-electron chi connectivity index (χ2n) is 4.46. The van der Waals surface area contributed by atoms with Crippen LogP contribution in [-0.4, -0.2) is 24.1 Å². The Morgan fingerprint density at radius 2 is 2.35 bits per heavy atom. The van der Waals surface area contributed by atoms with Crippen molar-refractivity contribution in [1.82, 2.24) is 4.98 Å². The Bertz CT molecular complexity index is 399. The minimum atomic E-state index is -0.336. The van der Waals surface area contributed by atoms with Crippen LogP contribution in [0.2, 0.25) is 0 Å². The molecule has 17 heavy (non-hydrogen) atoms. The van der Waals surface area contributed by atoms with Gasteiger partial charge in [0.15, 0.2) is 5.69 Å². The summed E-state index contributed by atoms with van der Waals surface area (Å²) in [5.41, 5.74) is 2.56. The number of nitrogens with zero attached hydrogens (tertiary/aromatic N) is 1. The first-order chi connectivity index (χ1) is 8.21. The van der Waals surface area contributed by atoms with Crippen molar-refractivity contribution in [3.63, 3.8) is 0 Å². The summed E-state index contributed by atoms with van der Waals surface area (Å²) in [7, 11) is 0. The molecule has 1 fully saturated rings. The number of carbonyl (C=O) groups is 1. The van der Waals surface area contributed by atoms with Crippen molar-refractivity contribution in [2.24, 2.45) is 5.41 Å².